The Labute approximate surface area is 112 Å². The van der Waals surface area contributed by atoms with Crippen molar-refractivity contribution in [1.82, 2.24) is 14.8 Å². The Morgan fingerprint density at radius 3 is 2.89 bits per heavy atom. The van der Waals surface area contributed by atoms with Gasteiger partial charge >= 0.3 is 0 Å². The first-order valence-corrected chi connectivity index (χ1v) is 6.30. The summed E-state index contributed by atoms with van der Waals surface area (Å²) in [5.74, 6) is 1.50. The molecule has 2 rings (SSSR count). The van der Waals surface area contributed by atoms with Gasteiger partial charge in [0.1, 0.15) is 17.9 Å². The summed E-state index contributed by atoms with van der Waals surface area (Å²) in [6, 6.07) is 7.45. The van der Waals surface area contributed by atoms with Crippen molar-refractivity contribution in [3.63, 3.8) is 0 Å². The lowest BCUT2D eigenvalue weighted by Gasteiger charge is -2.24. The quantitative estimate of drug-likeness (QED) is 0.891. The molecule has 0 fully saturated rings. The second-order valence-electron chi connectivity index (χ2n) is 4.67. The third-order valence-electron chi connectivity index (χ3n) is 3.19. The molecule has 0 amide bonds. The lowest BCUT2D eigenvalue weighted by molar-refractivity contribution is 0.0540. The van der Waals surface area contributed by atoms with E-state index in [1.54, 1.807) is 18.7 Å². The molecule has 1 heterocycles. The molecular weight excluding hydrogens is 242 g/mol. The van der Waals surface area contributed by atoms with Crippen LogP contribution in [-0.2, 0) is 18.6 Å². The van der Waals surface area contributed by atoms with Gasteiger partial charge in [-0.05, 0) is 31.5 Å². The van der Waals surface area contributed by atoms with Gasteiger partial charge in [-0.25, -0.2) is 4.98 Å². The summed E-state index contributed by atoms with van der Waals surface area (Å²) < 4.78 is 6.97. The van der Waals surface area contributed by atoms with Crippen molar-refractivity contribution in [2.75, 3.05) is 7.11 Å². The number of aryl methyl sites for hydroxylation is 1. The molecule has 1 aromatic carbocycles. The molecular formula is C14H19N3O2. The summed E-state index contributed by atoms with van der Waals surface area (Å²) in [6.07, 6.45) is 1.93. The molecule has 2 aromatic rings. The minimum Gasteiger partial charge on any atom is -0.497 e. The van der Waals surface area contributed by atoms with E-state index in [4.69, 9.17) is 4.74 Å². The second kappa shape index (κ2) is 5.40. The molecule has 1 aromatic heterocycles. The summed E-state index contributed by atoms with van der Waals surface area (Å²) in [5, 5.41) is 14.8. The van der Waals surface area contributed by atoms with Crippen molar-refractivity contribution in [1.29, 1.82) is 0 Å². The van der Waals surface area contributed by atoms with Crippen molar-refractivity contribution in [3.8, 4) is 5.75 Å². The van der Waals surface area contributed by atoms with Gasteiger partial charge < -0.3 is 9.84 Å². The molecule has 0 radical (unpaired) electrons. The predicted octanol–water partition coefficient (Wildman–Crippen LogP) is 1.76. The van der Waals surface area contributed by atoms with E-state index < -0.39 is 5.60 Å². The molecule has 1 unspecified atom stereocenters. The highest BCUT2D eigenvalue weighted by molar-refractivity contribution is 5.32. The molecule has 19 heavy (non-hydrogen) atoms. The van der Waals surface area contributed by atoms with Gasteiger partial charge in [0, 0.05) is 13.0 Å². The highest BCUT2D eigenvalue weighted by Crippen LogP contribution is 2.27. The standard InChI is InChI=1S/C14H19N3O2/c1-4-17-13(15-10-16-17)9-14(2,18)11-6-5-7-12(8-11)19-3/h5-8,10,18H,4,9H2,1-3H3. The largest absolute Gasteiger partial charge is 0.497 e. The van der Waals surface area contributed by atoms with Gasteiger partial charge in [-0.3, -0.25) is 4.68 Å². The van der Waals surface area contributed by atoms with Gasteiger partial charge in [-0.2, -0.15) is 5.10 Å². The van der Waals surface area contributed by atoms with Crippen LogP contribution in [0.1, 0.15) is 25.2 Å². The molecule has 0 aliphatic carbocycles. The minimum absolute atomic E-state index is 0.411. The SMILES string of the molecule is CCn1ncnc1CC(C)(O)c1cccc(OC)c1. The fraction of sp³-hybridized carbons (Fsp3) is 0.429. The number of nitrogens with zero attached hydrogens (tertiary/aromatic N) is 3. The maximum atomic E-state index is 10.7. The summed E-state index contributed by atoms with van der Waals surface area (Å²) in [6.45, 7) is 4.51. The number of ether oxygens (including phenoxy) is 1. The molecule has 5 nitrogen and oxygen atoms in total. The van der Waals surface area contributed by atoms with Gasteiger partial charge in [0.25, 0.3) is 0 Å². The van der Waals surface area contributed by atoms with Crippen LogP contribution in [0.3, 0.4) is 0 Å². The Hall–Kier alpha value is -1.88. The van der Waals surface area contributed by atoms with Crippen molar-refractivity contribution >= 4 is 0 Å². The fourth-order valence-corrected chi connectivity index (χ4v) is 2.06. The molecule has 1 N–H and O–H groups in total. The van der Waals surface area contributed by atoms with Crippen LogP contribution in [-0.4, -0.2) is 27.0 Å². The summed E-state index contributed by atoms with van der Waals surface area (Å²) in [4.78, 5) is 4.20. The normalized spacial score (nSPS) is 14.1. The second-order valence-corrected chi connectivity index (χ2v) is 4.67. The summed E-state index contributed by atoms with van der Waals surface area (Å²) in [7, 11) is 1.61. The molecule has 102 valence electrons. The van der Waals surface area contributed by atoms with Crippen molar-refractivity contribution in [3.05, 3.63) is 42.0 Å². The maximum absolute atomic E-state index is 10.7. The minimum atomic E-state index is -1.01. The zero-order valence-corrected chi connectivity index (χ0v) is 11.5. The number of hydrogen-bond acceptors (Lipinski definition) is 4. The molecule has 0 bridgehead atoms. The van der Waals surface area contributed by atoms with E-state index in [-0.39, 0.29) is 0 Å². The van der Waals surface area contributed by atoms with Gasteiger partial charge in [-0.15, -0.1) is 0 Å². The van der Waals surface area contributed by atoms with Crippen LogP contribution >= 0.6 is 0 Å². The van der Waals surface area contributed by atoms with Crippen LogP contribution in [0.4, 0.5) is 0 Å². The highest BCUT2D eigenvalue weighted by Gasteiger charge is 2.26. The topological polar surface area (TPSA) is 60.2 Å². The number of methoxy groups -OCH3 is 1. The number of aromatic nitrogens is 3. The molecule has 5 heteroatoms. The zero-order chi connectivity index (χ0) is 13.9. The predicted molar refractivity (Wildman–Crippen MR) is 72.0 cm³/mol. The smallest absolute Gasteiger partial charge is 0.138 e. The molecule has 0 saturated heterocycles. The molecule has 0 aliphatic heterocycles. The van der Waals surface area contributed by atoms with E-state index in [2.05, 4.69) is 10.1 Å². The molecule has 0 saturated carbocycles. The third-order valence-corrected chi connectivity index (χ3v) is 3.19. The third kappa shape index (κ3) is 2.93. The Kier molecular flexibility index (Phi) is 3.85. The Morgan fingerprint density at radius 2 is 2.21 bits per heavy atom. The lowest BCUT2D eigenvalue weighted by Crippen LogP contribution is -2.26. The van der Waals surface area contributed by atoms with Crippen molar-refractivity contribution in [2.45, 2.75) is 32.4 Å². The van der Waals surface area contributed by atoms with E-state index >= 15 is 0 Å². The Bertz CT molecular complexity index is 549. The molecule has 0 spiro atoms. The van der Waals surface area contributed by atoms with Gasteiger partial charge in [0.2, 0.25) is 0 Å². The van der Waals surface area contributed by atoms with Crippen LogP contribution in [0.2, 0.25) is 0 Å². The number of hydrogen-bond donors (Lipinski definition) is 1. The number of benzene rings is 1. The van der Waals surface area contributed by atoms with E-state index in [0.29, 0.717) is 6.42 Å². The van der Waals surface area contributed by atoms with Gasteiger partial charge in [-0.1, -0.05) is 12.1 Å². The fourth-order valence-electron chi connectivity index (χ4n) is 2.06. The zero-order valence-electron chi connectivity index (χ0n) is 11.5. The van der Waals surface area contributed by atoms with Gasteiger partial charge in [0.05, 0.1) is 12.7 Å². The first kappa shape index (κ1) is 13.5. The number of aliphatic hydroxyl groups is 1. The van der Waals surface area contributed by atoms with Crippen LogP contribution in [0.15, 0.2) is 30.6 Å². The number of rotatable bonds is 5. The summed E-state index contributed by atoms with van der Waals surface area (Å²) >= 11 is 0. The average Bonchev–Trinajstić information content (AvgIpc) is 2.85. The first-order valence-electron chi connectivity index (χ1n) is 6.30. The first-order chi connectivity index (χ1) is 9.06. The van der Waals surface area contributed by atoms with Gasteiger partial charge in [0.15, 0.2) is 0 Å². The highest BCUT2D eigenvalue weighted by atomic mass is 16.5. The lowest BCUT2D eigenvalue weighted by atomic mass is 9.92. The van der Waals surface area contributed by atoms with Crippen LogP contribution in [0.25, 0.3) is 0 Å². The van der Waals surface area contributed by atoms with E-state index in [9.17, 15) is 5.11 Å². The molecule has 0 aliphatic rings. The Balaban J connectivity index is 2.26. The van der Waals surface area contributed by atoms with Crippen molar-refractivity contribution in [2.24, 2.45) is 0 Å². The monoisotopic (exact) mass is 261 g/mol. The molecule has 1 atom stereocenters. The van der Waals surface area contributed by atoms with Crippen LogP contribution < -0.4 is 4.74 Å². The van der Waals surface area contributed by atoms with Crippen LogP contribution in [0, 0.1) is 0 Å². The van der Waals surface area contributed by atoms with E-state index in [0.717, 1.165) is 23.7 Å². The maximum Gasteiger partial charge on any atom is 0.138 e. The van der Waals surface area contributed by atoms with E-state index in [1.165, 1.54) is 6.33 Å². The average molecular weight is 261 g/mol. The van der Waals surface area contributed by atoms with Crippen LogP contribution in [0.5, 0.6) is 5.75 Å². The van der Waals surface area contributed by atoms with E-state index in [1.807, 2.05) is 31.2 Å². The van der Waals surface area contributed by atoms with Crippen molar-refractivity contribution < 1.29 is 9.84 Å². The summed E-state index contributed by atoms with van der Waals surface area (Å²) in [5.41, 5.74) is -0.202. The Morgan fingerprint density at radius 1 is 1.42 bits per heavy atom.